The number of Topliss-reactive ketones (excluding diaryl/α,β-unsaturated/α-hetero) is 1. The number of carbonyl (C=O) groups is 1. The van der Waals surface area contributed by atoms with Gasteiger partial charge in [-0.25, -0.2) is 13.1 Å². The minimum atomic E-state index is -2.69. The molecule has 0 spiro atoms. The van der Waals surface area contributed by atoms with Crippen molar-refractivity contribution in [1.82, 2.24) is 14.7 Å². The van der Waals surface area contributed by atoms with Gasteiger partial charge in [0.25, 0.3) is 0 Å². The molecule has 1 aliphatic carbocycles. The van der Waals surface area contributed by atoms with Crippen LogP contribution in [0.2, 0.25) is 0 Å². The number of carbonyl (C=O) groups excluding carboxylic acids is 1. The lowest BCUT2D eigenvalue weighted by atomic mass is 9.95. The fourth-order valence-electron chi connectivity index (χ4n) is 3.48. The van der Waals surface area contributed by atoms with Crippen molar-refractivity contribution in [3.05, 3.63) is 65.6 Å². The number of aryl methyl sites for hydroxylation is 1. The molecule has 4 rings (SSSR count). The normalized spacial score (nSPS) is 13.5. The zero-order valence-corrected chi connectivity index (χ0v) is 16.0. The van der Waals surface area contributed by atoms with E-state index in [1.54, 1.807) is 6.20 Å². The van der Waals surface area contributed by atoms with Gasteiger partial charge in [0, 0.05) is 29.6 Å². The molecule has 0 saturated carbocycles. The fourth-order valence-corrected chi connectivity index (χ4v) is 3.77. The fraction of sp³-hybridized carbons (Fsp3) is 0.200. The smallest absolute Gasteiger partial charge is 0.201 e. The van der Waals surface area contributed by atoms with Gasteiger partial charge in [0.05, 0.1) is 29.2 Å². The number of aromatic amines is 1. The summed E-state index contributed by atoms with van der Waals surface area (Å²) in [5.74, 6) is 0.126. The third kappa shape index (κ3) is 3.83. The van der Waals surface area contributed by atoms with Gasteiger partial charge in [0.15, 0.2) is 5.78 Å². The van der Waals surface area contributed by atoms with Crippen LogP contribution in [-0.4, -0.2) is 24.2 Å². The van der Waals surface area contributed by atoms with Crippen molar-refractivity contribution in [2.45, 2.75) is 25.8 Å². The van der Waals surface area contributed by atoms with Crippen molar-refractivity contribution in [1.29, 1.82) is 0 Å². The summed E-state index contributed by atoms with van der Waals surface area (Å²) in [6.45, 7) is 0.118. The molecule has 0 aliphatic heterocycles. The molecule has 8 heteroatoms. The molecule has 2 heterocycles. The average Bonchev–Trinajstić information content (AvgIpc) is 3.07. The van der Waals surface area contributed by atoms with Gasteiger partial charge >= 0.3 is 0 Å². The number of hydrogen-bond donors (Lipinski definition) is 4. The van der Waals surface area contributed by atoms with Crippen molar-refractivity contribution < 1.29 is 13.2 Å². The second-order valence-corrected chi connectivity index (χ2v) is 7.45. The number of anilines is 2. The Balaban J connectivity index is 1.78. The van der Waals surface area contributed by atoms with Crippen molar-refractivity contribution in [2.24, 2.45) is 0 Å². The Bertz CT molecular complexity index is 1080. The maximum Gasteiger partial charge on any atom is 0.201 e. The van der Waals surface area contributed by atoms with Gasteiger partial charge in [0.1, 0.15) is 0 Å². The number of H-pyrrole nitrogens is 1. The number of rotatable bonds is 6. The minimum Gasteiger partial charge on any atom is -0.356 e. The highest BCUT2D eigenvalue weighted by molar-refractivity contribution is 7.70. The number of fused-ring (bicyclic) bond motifs is 1. The molecule has 0 saturated heterocycles. The highest BCUT2D eigenvalue weighted by atomic mass is 32.2. The monoisotopic (exact) mass is 396 g/mol. The van der Waals surface area contributed by atoms with Gasteiger partial charge in [-0.1, -0.05) is 18.2 Å². The average molecular weight is 396 g/mol. The molecular weight excluding hydrogens is 376 g/mol. The van der Waals surface area contributed by atoms with E-state index < -0.39 is 10.9 Å². The molecule has 144 valence electrons. The van der Waals surface area contributed by atoms with E-state index in [1.165, 1.54) is 0 Å². The van der Waals surface area contributed by atoms with Gasteiger partial charge in [-0.2, -0.15) is 0 Å². The van der Waals surface area contributed by atoms with E-state index in [1.807, 2.05) is 42.5 Å². The van der Waals surface area contributed by atoms with Crippen LogP contribution in [0, 0.1) is 0 Å². The van der Waals surface area contributed by atoms with E-state index >= 15 is 0 Å². The van der Waals surface area contributed by atoms with Crippen LogP contribution < -0.4 is 10.0 Å². The SMILES string of the molecule is O=C1CCCc2[nH]c(-c3ccnc(CN[SH](=O)=O)c3)c(Nc3ccccc3)c21. The Morgan fingerprint density at radius 3 is 2.71 bits per heavy atom. The number of pyridine rings is 1. The summed E-state index contributed by atoms with van der Waals surface area (Å²) in [7, 11) is -2.69. The van der Waals surface area contributed by atoms with Crippen molar-refractivity contribution in [3.63, 3.8) is 0 Å². The molecule has 28 heavy (non-hydrogen) atoms. The highest BCUT2D eigenvalue weighted by Crippen LogP contribution is 2.38. The summed E-state index contributed by atoms with van der Waals surface area (Å²) < 4.78 is 24.0. The van der Waals surface area contributed by atoms with Crippen molar-refractivity contribution >= 4 is 28.0 Å². The van der Waals surface area contributed by atoms with Crippen LogP contribution in [0.25, 0.3) is 11.3 Å². The van der Waals surface area contributed by atoms with E-state index in [0.29, 0.717) is 17.7 Å². The molecular formula is C20H20N4O3S. The molecule has 0 atom stereocenters. The largest absolute Gasteiger partial charge is 0.356 e. The highest BCUT2D eigenvalue weighted by Gasteiger charge is 2.27. The Kier molecular flexibility index (Phi) is 5.23. The van der Waals surface area contributed by atoms with Crippen LogP contribution in [0.1, 0.15) is 34.6 Å². The first-order valence-corrected chi connectivity index (χ1v) is 10.2. The summed E-state index contributed by atoms with van der Waals surface area (Å²) in [6.07, 6.45) is 3.83. The first-order valence-electron chi connectivity index (χ1n) is 9.05. The number of hydrogen-bond acceptors (Lipinski definition) is 5. The van der Waals surface area contributed by atoms with Gasteiger partial charge in [0.2, 0.25) is 10.9 Å². The van der Waals surface area contributed by atoms with E-state index in [4.69, 9.17) is 0 Å². The maximum absolute atomic E-state index is 12.6. The molecule has 0 fully saturated rings. The quantitative estimate of drug-likeness (QED) is 0.480. The summed E-state index contributed by atoms with van der Waals surface area (Å²) in [6, 6.07) is 13.4. The van der Waals surface area contributed by atoms with Crippen LogP contribution in [-0.2, 0) is 23.9 Å². The van der Waals surface area contributed by atoms with Gasteiger partial charge < -0.3 is 10.3 Å². The van der Waals surface area contributed by atoms with Crippen LogP contribution in [0.15, 0.2) is 48.7 Å². The number of thiol groups is 1. The lowest BCUT2D eigenvalue weighted by Gasteiger charge is -2.13. The van der Waals surface area contributed by atoms with Gasteiger partial charge in [-0.15, -0.1) is 0 Å². The number of para-hydroxylation sites is 1. The lowest BCUT2D eigenvalue weighted by molar-refractivity contribution is 0.0973. The predicted molar refractivity (Wildman–Crippen MR) is 108 cm³/mol. The molecule has 0 bridgehead atoms. The number of nitrogens with zero attached hydrogens (tertiary/aromatic N) is 1. The molecule has 0 radical (unpaired) electrons. The maximum atomic E-state index is 12.6. The summed E-state index contributed by atoms with van der Waals surface area (Å²) in [5.41, 5.74) is 5.54. The standard InChI is InChI=1S/C20H20N4O3S/c25-17-8-4-7-16-18(17)20(23-14-5-2-1-3-6-14)19(24-16)13-9-10-21-15(11-13)12-22-28(26)27/h1-3,5-6,9-11,23-24,28H,4,7-8,12H2,(H,22,26,27). The molecule has 0 unspecified atom stereocenters. The molecule has 2 aromatic heterocycles. The minimum absolute atomic E-state index is 0.118. The predicted octanol–water partition coefficient (Wildman–Crippen LogP) is 2.96. The molecule has 3 N–H and O–H groups in total. The van der Waals surface area contributed by atoms with Crippen molar-refractivity contribution in [2.75, 3.05) is 5.32 Å². The number of ketones is 1. The second-order valence-electron chi connectivity index (χ2n) is 6.62. The first-order chi connectivity index (χ1) is 13.6. The van der Waals surface area contributed by atoms with Crippen LogP contribution in [0.4, 0.5) is 11.4 Å². The van der Waals surface area contributed by atoms with Gasteiger partial charge in [-0.3, -0.25) is 9.78 Å². The second kappa shape index (κ2) is 7.95. The van der Waals surface area contributed by atoms with E-state index in [2.05, 4.69) is 20.0 Å². The Hall–Kier alpha value is -2.97. The zero-order valence-electron chi connectivity index (χ0n) is 15.1. The Morgan fingerprint density at radius 1 is 1.11 bits per heavy atom. The molecule has 3 aromatic rings. The number of aromatic nitrogens is 2. The number of benzene rings is 1. The summed E-state index contributed by atoms with van der Waals surface area (Å²) in [5, 5.41) is 3.39. The Labute approximate surface area is 164 Å². The zero-order chi connectivity index (χ0) is 19.5. The van der Waals surface area contributed by atoms with E-state index in [0.717, 1.165) is 41.2 Å². The lowest BCUT2D eigenvalue weighted by Crippen LogP contribution is -2.11. The molecule has 1 aromatic carbocycles. The third-order valence-electron chi connectivity index (χ3n) is 4.72. The topological polar surface area (TPSA) is 104 Å². The first kappa shape index (κ1) is 18.4. The summed E-state index contributed by atoms with van der Waals surface area (Å²) >= 11 is 0. The van der Waals surface area contributed by atoms with E-state index in [-0.39, 0.29) is 12.3 Å². The van der Waals surface area contributed by atoms with Crippen LogP contribution >= 0.6 is 0 Å². The molecule has 7 nitrogen and oxygen atoms in total. The number of nitrogens with one attached hydrogen (secondary N) is 3. The van der Waals surface area contributed by atoms with E-state index in [9.17, 15) is 13.2 Å². The molecule has 1 aliphatic rings. The summed E-state index contributed by atoms with van der Waals surface area (Å²) in [4.78, 5) is 20.3. The third-order valence-corrected chi connectivity index (χ3v) is 5.14. The Morgan fingerprint density at radius 2 is 1.93 bits per heavy atom. The van der Waals surface area contributed by atoms with Crippen LogP contribution in [0.5, 0.6) is 0 Å². The van der Waals surface area contributed by atoms with Gasteiger partial charge in [-0.05, 0) is 37.1 Å². The van der Waals surface area contributed by atoms with Crippen LogP contribution in [0.3, 0.4) is 0 Å². The van der Waals surface area contributed by atoms with Crippen molar-refractivity contribution in [3.8, 4) is 11.3 Å². The molecule has 0 amide bonds.